The van der Waals surface area contributed by atoms with Crippen molar-refractivity contribution in [3.8, 4) is 5.75 Å². The van der Waals surface area contributed by atoms with Gasteiger partial charge >= 0.3 is 0 Å². The highest BCUT2D eigenvalue weighted by molar-refractivity contribution is 5.40. The predicted molar refractivity (Wildman–Crippen MR) is 80.7 cm³/mol. The molecule has 112 valence electrons. The Hall–Kier alpha value is -1.09. The SMILES string of the molecule is CCNC(C)c1cc(F)c(C)cc1OCC1CCCC1. The number of nitrogens with one attached hydrogen (secondary N) is 1. The lowest BCUT2D eigenvalue weighted by atomic mass is 10.0. The van der Waals surface area contributed by atoms with Crippen LogP contribution < -0.4 is 10.1 Å². The number of rotatable bonds is 6. The van der Waals surface area contributed by atoms with Crippen molar-refractivity contribution in [3.05, 3.63) is 29.1 Å². The molecule has 1 unspecified atom stereocenters. The van der Waals surface area contributed by atoms with Crippen LogP contribution in [0.3, 0.4) is 0 Å². The first-order valence-electron chi connectivity index (χ1n) is 7.78. The summed E-state index contributed by atoms with van der Waals surface area (Å²) in [5, 5.41) is 3.33. The van der Waals surface area contributed by atoms with E-state index in [1.165, 1.54) is 25.7 Å². The maximum absolute atomic E-state index is 13.8. The molecule has 1 atom stereocenters. The lowest BCUT2D eigenvalue weighted by Gasteiger charge is -2.20. The van der Waals surface area contributed by atoms with E-state index in [4.69, 9.17) is 4.74 Å². The van der Waals surface area contributed by atoms with Crippen molar-refractivity contribution in [3.63, 3.8) is 0 Å². The molecule has 1 aliphatic rings. The molecule has 1 N–H and O–H groups in total. The molecular formula is C17H26FNO. The van der Waals surface area contributed by atoms with E-state index >= 15 is 0 Å². The van der Waals surface area contributed by atoms with E-state index in [9.17, 15) is 4.39 Å². The second-order valence-electron chi connectivity index (χ2n) is 5.88. The Kier molecular flexibility index (Phi) is 5.41. The Balaban J connectivity index is 2.13. The Labute approximate surface area is 121 Å². The van der Waals surface area contributed by atoms with Gasteiger partial charge in [0.05, 0.1) is 6.61 Å². The molecule has 0 aromatic heterocycles. The van der Waals surface area contributed by atoms with Gasteiger partial charge in [-0.1, -0.05) is 19.8 Å². The van der Waals surface area contributed by atoms with Gasteiger partial charge < -0.3 is 10.1 Å². The summed E-state index contributed by atoms with van der Waals surface area (Å²) in [6, 6.07) is 3.56. The van der Waals surface area contributed by atoms with Crippen LogP contribution in [0.4, 0.5) is 4.39 Å². The third kappa shape index (κ3) is 3.72. The summed E-state index contributed by atoms with van der Waals surface area (Å²) >= 11 is 0. The summed E-state index contributed by atoms with van der Waals surface area (Å²) in [5.74, 6) is 1.35. The minimum Gasteiger partial charge on any atom is -0.493 e. The third-order valence-electron chi connectivity index (χ3n) is 4.22. The quantitative estimate of drug-likeness (QED) is 0.834. The molecule has 0 amide bonds. The Morgan fingerprint density at radius 1 is 1.35 bits per heavy atom. The Morgan fingerprint density at radius 2 is 2.05 bits per heavy atom. The minimum atomic E-state index is -0.155. The van der Waals surface area contributed by atoms with Crippen LogP contribution in [0.2, 0.25) is 0 Å². The van der Waals surface area contributed by atoms with Crippen LogP contribution in [-0.4, -0.2) is 13.2 Å². The Morgan fingerprint density at radius 3 is 2.70 bits per heavy atom. The van der Waals surface area contributed by atoms with Gasteiger partial charge in [0.25, 0.3) is 0 Å². The standard InChI is InChI=1S/C17H26FNO/c1-4-19-13(3)15-10-16(18)12(2)9-17(15)20-11-14-7-5-6-8-14/h9-10,13-14,19H,4-8,11H2,1-3H3. The van der Waals surface area contributed by atoms with Gasteiger partial charge in [0.15, 0.2) is 0 Å². The summed E-state index contributed by atoms with van der Waals surface area (Å²) in [6.45, 7) is 7.52. The summed E-state index contributed by atoms with van der Waals surface area (Å²) in [4.78, 5) is 0. The molecule has 0 aliphatic heterocycles. The highest BCUT2D eigenvalue weighted by Gasteiger charge is 2.18. The van der Waals surface area contributed by atoms with Crippen LogP contribution in [-0.2, 0) is 0 Å². The van der Waals surface area contributed by atoms with Gasteiger partial charge in [-0.25, -0.2) is 4.39 Å². The van der Waals surface area contributed by atoms with Crippen molar-refractivity contribution < 1.29 is 9.13 Å². The van der Waals surface area contributed by atoms with Crippen molar-refractivity contribution in [2.75, 3.05) is 13.2 Å². The van der Waals surface area contributed by atoms with E-state index in [0.717, 1.165) is 24.5 Å². The fourth-order valence-electron chi connectivity index (χ4n) is 2.93. The van der Waals surface area contributed by atoms with E-state index in [1.54, 1.807) is 13.0 Å². The second-order valence-corrected chi connectivity index (χ2v) is 5.88. The van der Waals surface area contributed by atoms with Crippen molar-refractivity contribution in [1.29, 1.82) is 0 Å². The van der Waals surface area contributed by atoms with E-state index in [0.29, 0.717) is 11.5 Å². The molecule has 0 bridgehead atoms. The van der Waals surface area contributed by atoms with Crippen molar-refractivity contribution in [2.45, 2.75) is 52.5 Å². The zero-order valence-corrected chi connectivity index (χ0v) is 12.8. The molecule has 0 spiro atoms. The lowest BCUT2D eigenvalue weighted by Crippen LogP contribution is -2.19. The molecule has 2 nitrogen and oxygen atoms in total. The fourth-order valence-corrected chi connectivity index (χ4v) is 2.93. The molecule has 0 saturated heterocycles. The summed E-state index contributed by atoms with van der Waals surface area (Å²) in [7, 11) is 0. The first-order valence-corrected chi connectivity index (χ1v) is 7.78. The van der Waals surface area contributed by atoms with Crippen molar-refractivity contribution >= 4 is 0 Å². The average Bonchev–Trinajstić information content (AvgIpc) is 2.93. The number of ether oxygens (including phenoxy) is 1. The highest BCUT2D eigenvalue weighted by atomic mass is 19.1. The van der Waals surface area contributed by atoms with Gasteiger partial charge in [-0.05, 0) is 56.8 Å². The predicted octanol–water partition coefficient (Wildman–Crippen LogP) is 4.37. The molecule has 1 fully saturated rings. The van der Waals surface area contributed by atoms with E-state index < -0.39 is 0 Å². The van der Waals surface area contributed by atoms with Gasteiger partial charge in [0, 0.05) is 11.6 Å². The molecule has 0 heterocycles. The van der Waals surface area contributed by atoms with Crippen LogP contribution >= 0.6 is 0 Å². The van der Waals surface area contributed by atoms with Gasteiger partial charge in [0.2, 0.25) is 0 Å². The molecule has 1 aliphatic carbocycles. The average molecular weight is 279 g/mol. The Bertz CT molecular complexity index is 441. The molecule has 1 saturated carbocycles. The topological polar surface area (TPSA) is 21.3 Å². The zero-order chi connectivity index (χ0) is 14.5. The molecule has 1 aromatic carbocycles. The number of hydrogen-bond acceptors (Lipinski definition) is 2. The fraction of sp³-hybridized carbons (Fsp3) is 0.647. The maximum atomic E-state index is 13.8. The smallest absolute Gasteiger partial charge is 0.126 e. The summed E-state index contributed by atoms with van der Waals surface area (Å²) < 4.78 is 19.8. The van der Waals surface area contributed by atoms with E-state index in [-0.39, 0.29) is 11.9 Å². The monoisotopic (exact) mass is 279 g/mol. The molecule has 3 heteroatoms. The first kappa shape index (κ1) is 15.3. The molecule has 20 heavy (non-hydrogen) atoms. The number of halogens is 1. The summed E-state index contributed by atoms with van der Waals surface area (Å²) in [6.07, 6.45) is 5.16. The normalized spacial score (nSPS) is 17.4. The van der Waals surface area contributed by atoms with Crippen LogP contribution in [0.1, 0.15) is 56.7 Å². The maximum Gasteiger partial charge on any atom is 0.126 e. The molecule has 0 radical (unpaired) electrons. The molecular weight excluding hydrogens is 253 g/mol. The van der Waals surface area contributed by atoms with Gasteiger partial charge in [-0.3, -0.25) is 0 Å². The second kappa shape index (κ2) is 7.07. The lowest BCUT2D eigenvalue weighted by molar-refractivity contribution is 0.247. The zero-order valence-electron chi connectivity index (χ0n) is 12.8. The molecule has 2 rings (SSSR count). The molecule has 1 aromatic rings. The highest BCUT2D eigenvalue weighted by Crippen LogP contribution is 2.31. The first-order chi connectivity index (χ1) is 9.61. The van der Waals surface area contributed by atoms with Gasteiger partial charge in [-0.2, -0.15) is 0 Å². The van der Waals surface area contributed by atoms with Crippen molar-refractivity contribution in [1.82, 2.24) is 5.32 Å². The number of aryl methyl sites for hydroxylation is 1. The van der Waals surface area contributed by atoms with Crippen molar-refractivity contribution in [2.24, 2.45) is 5.92 Å². The van der Waals surface area contributed by atoms with Crippen LogP contribution in [0, 0.1) is 18.7 Å². The number of benzene rings is 1. The largest absolute Gasteiger partial charge is 0.493 e. The van der Waals surface area contributed by atoms with E-state index in [1.807, 2.05) is 6.07 Å². The van der Waals surface area contributed by atoms with Gasteiger partial charge in [-0.15, -0.1) is 0 Å². The van der Waals surface area contributed by atoms with Crippen LogP contribution in [0.15, 0.2) is 12.1 Å². The van der Waals surface area contributed by atoms with Crippen LogP contribution in [0.5, 0.6) is 5.75 Å². The number of hydrogen-bond donors (Lipinski definition) is 1. The van der Waals surface area contributed by atoms with Crippen LogP contribution in [0.25, 0.3) is 0 Å². The minimum absolute atomic E-state index is 0.105. The van der Waals surface area contributed by atoms with E-state index in [2.05, 4.69) is 19.2 Å². The van der Waals surface area contributed by atoms with Gasteiger partial charge in [0.1, 0.15) is 11.6 Å². The summed E-state index contributed by atoms with van der Waals surface area (Å²) in [5.41, 5.74) is 1.58. The third-order valence-corrected chi connectivity index (χ3v) is 4.22.